The Labute approximate surface area is 133 Å². The SMILES string of the molecule is C.C.[S-]c1cccc(-c2ccccc2)c1[S-].[Sn+2]. The van der Waals surface area contributed by atoms with Crippen molar-refractivity contribution in [2.45, 2.75) is 24.6 Å². The van der Waals surface area contributed by atoms with Crippen molar-refractivity contribution in [2.24, 2.45) is 0 Å². The van der Waals surface area contributed by atoms with Crippen LogP contribution in [0.1, 0.15) is 14.9 Å². The van der Waals surface area contributed by atoms with Crippen LogP contribution < -0.4 is 0 Å². The van der Waals surface area contributed by atoms with E-state index in [9.17, 15) is 0 Å². The first kappa shape index (κ1) is 19.0. The summed E-state index contributed by atoms with van der Waals surface area (Å²) in [5.74, 6) is 0. The molecule has 2 aromatic rings. The summed E-state index contributed by atoms with van der Waals surface area (Å²) in [4.78, 5) is 1.52. The molecule has 0 atom stereocenters. The maximum absolute atomic E-state index is 5.27. The molecule has 0 aliphatic rings. The summed E-state index contributed by atoms with van der Waals surface area (Å²) in [6.07, 6.45) is 0. The quantitative estimate of drug-likeness (QED) is 0.551. The van der Waals surface area contributed by atoms with Gasteiger partial charge >= 0.3 is 23.9 Å². The van der Waals surface area contributed by atoms with Gasteiger partial charge in [-0.1, -0.05) is 63.4 Å². The monoisotopic (exact) mass is 368 g/mol. The van der Waals surface area contributed by atoms with Crippen LogP contribution in [-0.2, 0) is 25.3 Å². The Kier molecular flexibility index (Phi) is 9.76. The third kappa shape index (κ3) is 4.45. The van der Waals surface area contributed by atoms with Gasteiger partial charge in [0.05, 0.1) is 0 Å². The first-order chi connectivity index (χ1) is 6.79. The van der Waals surface area contributed by atoms with Crippen LogP contribution in [0, 0.1) is 0 Å². The molecule has 0 spiro atoms. The summed E-state index contributed by atoms with van der Waals surface area (Å²) in [6, 6.07) is 15.9. The number of rotatable bonds is 1. The number of hydrogen-bond donors (Lipinski definition) is 0. The van der Waals surface area contributed by atoms with Crippen LogP contribution in [0.4, 0.5) is 0 Å². The normalized spacial score (nSPS) is 8.24. The van der Waals surface area contributed by atoms with Crippen LogP contribution in [0.5, 0.6) is 0 Å². The molecule has 0 aliphatic carbocycles. The molecule has 2 rings (SSSR count). The first-order valence-corrected chi connectivity index (χ1v) is 5.13. The van der Waals surface area contributed by atoms with Gasteiger partial charge in [0.25, 0.3) is 0 Å². The van der Waals surface area contributed by atoms with Crippen molar-refractivity contribution in [3.8, 4) is 11.1 Å². The topological polar surface area (TPSA) is 0 Å². The molecule has 0 amide bonds. The zero-order chi connectivity index (χ0) is 9.97. The van der Waals surface area contributed by atoms with Gasteiger partial charge in [-0.2, -0.15) is 9.79 Å². The largest absolute Gasteiger partial charge is 2.00 e. The van der Waals surface area contributed by atoms with Crippen molar-refractivity contribution in [1.82, 2.24) is 0 Å². The summed E-state index contributed by atoms with van der Waals surface area (Å²) in [5.41, 5.74) is 2.18. The molecule has 17 heavy (non-hydrogen) atoms. The van der Waals surface area contributed by atoms with E-state index in [1.807, 2.05) is 48.5 Å². The minimum absolute atomic E-state index is 0. The summed E-state index contributed by atoms with van der Waals surface area (Å²) in [5, 5.41) is 0. The Balaban J connectivity index is 0. The molecular formula is C14H16S2Sn. The van der Waals surface area contributed by atoms with E-state index in [1.54, 1.807) is 0 Å². The maximum atomic E-state index is 5.27. The molecule has 0 heterocycles. The van der Waals surface area contributed by atoms with E-state index in [0.717, 1.165) is 20.9 Å². The van der Waals surface area contributed by atoms with Gasteiger partial charge in [0.15, 0.2) is 0 Å². The van der Waals surface area contributed by atoms with Crippen LogP contribution in [0.2, 0.25) is 0 Å². The smallest absolute Gasteiger partial charge is 0.781 e. The molecular weight excluding hydrogens is 351 g/mol. The van der Waals surface area contributed by atoms with Gasteiger partial charge in [0.1, 0.15) is 0 Å². The van der Waals surface area contributed by atoms with Gasteiger partial charge in [-0.25, -0.2) is 0 Å². The summed E-state index contributed by atoms with van der Waals surface area (Å²) in [7, 11) is 0. The van der Waals surface area contributed by atoms with E-state index in [-0.39, 0.29) is 38.8 Å². The molecule has 0 bridgehead atoms. The van der Waals surface area contributed by atoms with Gasteiger partial charge in [-0.05, 0) is 11.1 Å². The van der Waals surface area contributed by atoms with Crippen molar-refractivity contribution in [2.75, 3.05) is 0 Å². The second kappa shape index (κ2) is 8.72. The fraction of sp³-hybridized carbons (Fsp3) is 0.143. The molecule has 0 aromatic heterocycles. The Bertz CT molecular complexity index is 441. The standard InChI is InChI=1S/C12H10S2.2CH4.Sn/c13-11-8-4-7-10(12(11)14)9-5-2-1-3-6-9;;;/h1-8,13-14H;2*1H4;/q;;;+2/p-2. The van der Waals surface area contributed by atoms with E-state index in [4.69, 9.17) is 25.3 Å². The summed E-state index contributed by atoms with van der Waals surface area (Å²) >= 11 is 10.4. The molecule has 0 N–H and O–H groups in total. The maximum Gasteiger partial charge on any atom is 2.00 e. The van der Waals surface area contributed by atoms with Crippen molar-refractivity contribution in [3.63, 3.8) is 0 Å². The van der Waals surface area contributed by atoms with Crippen LogP contribution >= 0.6 is 0 Å². The molecule has 0 saturated heterocycles. The Morgan fingerprint density at radius 2 is 1.29 bits per heavy atom. The van der Waals surface area contributed by atoms with Crippen molar-refractivity contribution in [1.29, 1.82) is 0 Å². The number of benzene rings is 2. The summed E-state index contributed by atoms with van der Waals surface area (Å²) in [6.45, 7) is 0. The molecule has 0 saturated carbocycles. The molecule has 0 fully saturated rings. The average Bonchev–Trinajstić information content (AvgIpc) is 2.23. The third-order valence-corrected chi connectivity index (χ3v) is 2.97. The minimum atomic E-state index is 0. The van der Waals surface area contributed by atoms with Crippen molar-refractivity contribution >= 4 is 49.2 Å². The van der Waals surface area contributed by atoms with Gasteiger partial charge in [-0.3, -0.25) is 0 Å². The Hall–Kier alpha value is -0.321. The molecule has 2 radical (unpaired) electrons. The molecule has 0 aliphatic heterocycles. The van der Waals surface area contributed by atoms with Crippen molar-refractivity contribution in [3.05, 3.63) is 48.5 Å². The predicted molar refractivity (Wildman–Crippen MR) is 82.4 cm³/mol. The van der Waals surface area contributed by atoms with Gasteiger partial charge in [0.2, 0.25) is 0 Å². The van der Waals surface area contributed by atoms with E-state index in [0.29, 0.717) is 0 Å². The van der Waals surface area contributed by atoms with Gasteiger partial charge < -0.3 is 25.3 Å². The minimum Gasteiger partial charge on any atom is -0.781 e. The van der Waals surface area contributed by atoms with Crippen molar-refractivity contribution < 1.29 is 0 Å². The third-order valence-electron chi connectivity index (χ3n) is 2.06. The first-order valence-electron chi connectivity index (χ1n) is 4.31. The summed E-state index contributed by atoms with van der Waals surface area (Å²) < 4.78 is 0. The van der Waals surface area contributed by atoms with E-state index < -0.39 is 0 Å². The second-order valence-electron chi connectivity index (χ2n) is 3.00. The van der Waals surface area contributed by atoms with E-state index in [1.165, 1.54) is 0 Å². The Morgan fingerprint density at radius 3 is 1.88 bits per heavy atom. The predicted octanol–water partition coefficient (Wildman–Crippen LogP) is 4.06. The second-order valence-corrected chi connectivity index (χ2v) is 3.85. The molecule has 88 valence electrons. The Morgan fingerprint density at radius 1 is 0.706 bits per heavy atom. The molecule has 3 heteroatoms. The number of hydrogen-bond acceptors (Lipinski definition) is 2. The molecule has 0 nitrogen and oxygen atoms in total. The van der Waals surface area contributed by atoms with E-state index >= 15 is 0 Å². The molecule has 0 unspecified atom stereocenters. The van der Waals surface area contributed by atoms with Crippen LogP contribution in [0.25, 0.3) is 11.1 Å². The van der Waals surface area contributed by atoms with Crippen LogP contribution in [-0.4, -0.2) is 23.9 Å². The van der Waals surface area contributed by atoms with Gasteiger partial charge in [-0.15, -0.1) is 0 Å². The van der Waals surface area contributed by atoms with Gasteiger partial charge in [0, 0.05) is 0 Å². The molecule has 2 aromatic carbocycles. The zero-order valence-corrected chi connectivity index (χ0v) is 12.4. The zero-order valence-electron chi connectivity index (χ0n) is 7.94. The fourth-order valence-corrected chi connectivity index (χ4v) is 1.80. The van der Waals surface area contributed by atoms with Crippen LogP contribution in [0.15, 0.2) is 58.3 Å². The van der Waals surface area contributed by atoms with Crippen LogP contribution in [0.3, 0.4) is 0 Å². The fourth-order valence-electron chi connectivity index (χ4n) is 1.36. The van der Waals surface area contributed by atoms with E-state index in [2.05, 4.69) is 0 Å². The average molecular weight is 367 g/mol.